The van der Waals surface area contributed by atoms with E-state index in [0.29, 0.717) is 48.0 Å². The summed E-state index contributed by atoms with van der Waals surface area (Å²) in [4.78, 5) is 16.0. The maximum atomic E-state index is 15.0. The number of carbonyl (C=O) groups is 1. The summed E-state index contributed by atoms with van der Waals surface area (Å²) < 4.78 is 38.0. The maximum Gasteiger partial charge on any atom is 0.306 e. The zero-order valence-corrected chi connectivity index (χ0v) is 19.7. The largest absolute Gasteiger partial charge is 0.492 e. The van der Waals surface area contributed by atoms with E-state index in [1.165, 1.54) is 13.2 Å². The van der Waals surface area contributed by atoms with Gasteiger partial charge in [-0.05, 0) is 55.3 Å². The Morgan fingerprint density at radius 1 is 1.11 bits per heavy atom. The molecule has 0 radical (unpaired) electrons. The molecule has 0 spiro atoms. The number of esters is 1. The molecule has 1 unspecified atom stereocenters. The number of carbonyl (C=O) groups excluding carboxylic acids is 1. The Labute approximate surface area is 207 Å². The normalized spacial score (nSPS) is 17.8. The van der Waals surface area contributed by atoms with Gasteiger partial charge in [0.15, 0.2) is 0 Å². The van der Waals surface area contributed by atoms with E-state index in [2.05, 4.69) is 4.98 Å². The number of aromatic nitrogens is 1. The second kappa shape index (κ2) is 9.15. The van der Waals surface area contributed by atoms with Crippen LogP contribution in [-0.2, 0) is 16.0 Å². The van der Waals surface area contributed by atoms with E-state index in [4.69, 9.17) is 18.9 Å². The molecule has 0 fully saturated rings. The highest BCUT2D eigenvalue weighted by Crippen LogP contribution is 2.44. The van der Waals surface area contributed by atoms with Gasteiger partial charge >= 0.3 is 5.97 Å². The summed E-state index contributed by atoms with van der Waals surface area (Å²) in [5.41, 5.74) is 3.19. The van der Waals surface area contributed by atoms with Crippen molar-refractivity contribution in [3.05, 3.63) is 89.4 Å². The zero-order chi connectivity index (χ0) is 24.6. The standard InChI is InChI=1S/C29H24FNO5/c1-33-28(32)14-18-16-34-27-15-20(4-6-21(18)27)36-26-10-7-22-25(11-8-23(30)29(22)26)35-19-5-9-24-17(13-19)3-2-12-31-24/h2-6,8-9,11-13,15,18,26H,7,10,14,16H2,1H3/t18?,26-/m1/s1. The molecular formula is C29H24FNO5. The minimum Gasteiger partial charge on any atom is -0.492 e. The van der Waals surface area contributed by atoms with Crippen molar-refractivity contribution in [2.75, 3.05) is 13.7 Å². The number of benzene rings is 3. The summed E-state index contributed by atoms with van der Waals surface area (Å²) in [6.45, 7) is 0.417. The zero-order valence-electron chi connectivity index (χ0n) is 19.7. The summed E-state index contributed by atoms with van der Waals surface area (Å²) in [6, 6.07) is 18.2. The molecule has 6 rings (SSSR count). The molecule has 0 saturated carbocycles. The van der Waals surface area contributed by atoms with Gasteiger partial charge in [0, 0.05) is 40.3 Å². The van der Waals surface area contributed by atoms with Crippen molar-refractivity contribution in [3.63, 3.8) is 0 Å². The van der Waals surface area contributed by atoms with Crippen LogP contribution in [0.3, 0.4) is 0 Å². The van der Waals surface area contributed by atoms with E-state index >= 15 is 0 Å². The number of halogens is 1. The molecule has 0 N–H and O–H groups in total. The van der Waals surface area contributed by atoms with Gasteiger partial charge in [0.25, 0.3) is 0 Å². The molecule has 6 nitrogen and oxygen atoms in total. The quantitative estimate of drug-likeness (QED) is 0.300. The minimum absolute atomic E-state index is 0.0447. The van der Waals surface area contributed by atoms with Gasteiger partial charge in [0.05, 0.1) is 25.7 Å². The summed E-state index contributed by atoms with van der Waals surface area (Å²) in [5, 5.41) is 0.975. The van der Waals surface area contributed by atoms with Gasteiger partial charge in [-0.3, -0.25) is 9.78 Å². The van der Waals surface area contributed by atoms with Gasteiger partial charge in [0.2, 0.25) is 0 Å². The lowest BCUT2D eigenvalue weighted by molar-refractivity contribution is -0.141. The molecule has 3 aromatic carbocycles. The second-order valence-corrected chi connectivity index (χ2v) is 9.03. The van der Waals surface area contributed by atoms with Crippen LogP contribution >= 0.6 is 0 Å². The predicted molar refractivity (Wildman–Crippen MR) is 131 cm³/mol. The lowest BCUT2D eigenvalue weighted by Crippen LogP contribution is -2.09. The first-order valence-corrected chi connectivity index (χ1v) is 11.9. The molecule has 7 heteroatoms. The number of hydrogen-bond donors (Lipinski definition) is 0. The highest BCUT2D eigenvalue weighted by Gasteiger charge is 2.32. The molecule has 0 saturated heterocycles. The molecule has 2 aliphatic rings. The fourth-order valence-corrected chi connectivity index (χ4v) is 5.05. The average Bonchev–Trinajstić information content (AvgIpc) is 3.50. The Morgan fingerprint density at radius 3 is 2.89 bits per heavy atom. The Morgan fingerprint density at radius 2 is 2.00 bits per heavy atom. The van der Waals surface area contributed by atoms with Gasteiger partial charge in [-0.25, -0.2) is 4.39 Å². The van der Waals surface area contributed by atoms with Crippen LogP contribution in [0, 0.1) is 5.82 Å². The van der Waals surface area contributed by atoms with Gasteiger partial charge in [-0.1, -0.05) is 12.1 Å². The number of fused-ring (bicyclic) bond motifs is 3. The van der Waals surface area contributed by atoms with E-state index < -0.39 is 6.10 Å². The molecule has 2 atom stereocenters. The lowest BCUT2D eigenvalue weighted by Gasteiger charge is -2.17. The number of rotatable bonds is 6. The van der Waals surface area contributed by atoms with Crippen molar-refractivity contribution >= 4 is 16.9 Å². The van der Waals surface area contributed by atoms with Crippen LogP contribution in [0.15, 0.2) is 66.9 Å². The molecule has 4 aromatic rings. The van der Waals surface area contributed by atoms with Gasteiger partial charge in [-0.15, -0.1) is 0 Å². The smallest absolute Gasteiger partial charge is 0.306 e. The highest BCUT2D eigenvalue weighted by atomic mass is 19.1. The summed E-state index contributed by atoms with van der Waals surface area (Å²) in [7, 11) is 1.38. The Balaban J connectivity index is 1.23. The number of pyridine rings is 1. The van der Waals surface area contributed by atoms with Crippen LogP contribution in [0.5, 0.6) is 23.0 Å². The van der Waals surface area contributed by atoms with Crippen molar-refractivity contribution in [3.8, 4) is 23.0 Å². The molecule has 1 aliphatic heterocycles. The molecule has 182 valence electrons. The third-order valence-electron chi connectivity index (χ3n) is 6.83. The first-order valence-electron chi connectivity index (χ1n) is 11.9. The number of ether oxygens (including phenoxy) is 4. The highest BCUT2D eigenvalue weighted by molar-refractivity contribution is 5.80. The Bertz CT molecular complexity index is 1470. The fraction of sp³-hybridized carbons (Fsp3) is 0.241. The third-order valence-corrected chi connectivity index (χ3v) is 6.83. The van der Waals surface area contributed by atoms with E-state index in [1.54, 1.807) is 12.3 Å². The van der Waals surface area contributed by atoms with E-state index in [-0.39, 0.29) is 24.1 Å². The monoisotopic (exact) mass is 485 g/mol. The fourth-order valence-electron chi connectivity index (χ4n) is 5.05. The Hall–Kier alpha value is -4.13. The molecule has 0 amide bonds. The molecule has 0 bridgehead atoms. The lowest BCUT2D eigenvalue weighted by atomic mass is 9.98. The van der Waals surface area contributed by atoms with Gasteiger partial charge < -0.3 is 18.9 Å². The number of methoxy groups -OCH3 is 1. The topological polar surface area (TPSA) is 66.9 Å². The molecule has 1 aliphatic carbocycles. The minimum atomic E-state index is -0.435. The van der Waals surface area contributed by atoms with Crippen LogP contribution in [0.2, 0.25) is 0 Å². The SMILES string of the molecule is COC(=O)CC1COc2cc(O[C@@H]3CCc4c(Oc5ccc6ncccc6c5)ccc(F)c43)ccc21. The van der Waals surface area contributed by atoms with Gasteiger partial charge in [-0.2, -0.15) is 0 Å². The van der Waals surface area contributed by atoms with E-state index in [9.17, 15) is 9.18 Å². The van der Waals surface area contributed by atoms with Crippen molar-refractivity contribution < 1.29 is 28.1 Å². The predicted octanol–water partition coefficient (Wildman–Crippen LogP) is 6.27. The van der Waals surface area contributed by atoms with Crippen LogP contribution < -0.4 is 14.2 Å². The van der Waals surface area contributed by atoms with Crippen molar-refractivity contribution in [1.29, 1.82) is 0 Å². The van der Waals surface area contributed by atoms with E-state index in [0.717, 1.165) is 22.0 Å². The maximum absolute atomic E-state index is 15.0. The number of nitrogens with zero attached hydrogens (tertiary/aromatic N) is 1. The van der Waals surface area contributed by atoms with Crippen LogP contribution in [0.1, 0.15) is 41.6 Å². The van der Waals surface area contributed by atoms with Crippen LogP contribution in [0.4, 0.5) is 4.39 Å². The molecular weight excluding hydrogens is 461 g/mol. The van der Waals surface area contributed by atoms with Crippen molar-refractivity contribution in [2.45, 2.75) is 31.3 Å². The van der Waals surface area contributed by atoms with Crippen LogP contribution in [0.25, 0.3) is 10.9 Å². The summed E-state index contributed by atoms with van der Waals surface area (Å²) in [5.74, 6) is 1.96. The Kier molecular flexibility index (Phi) is 5.68. The number of hydrogen-bond acceptors (Lipinski definition) is 6. The van der Waals surface area contributed by atoms with Crippen molar-refractivity contribution in [2.24, 2.45) is 0 Å². The first-order chi connectivity index (χ1) is 17.6. The average molecular weight is 486 g/mol. The van der Waals surface area contributed by atoms with E-state index in [1.807, 2.05) is 48.5 Å². The second-order valence-electron chi connectivity index (χ2n) is 9.03. The van der Waals surface area contributed by atoms with Crippen LogP contribution in [-0.4, -0.2) is 24.7 Å². The third kappa shape index (κ3) is 4.11. The summed E-state index contributed by atoms with van der Waals surface area (Å²) >= 11 is 0. The van der Waals surface area contributed by atoms with Gasteiger partial charge in [0.1, 0.15) is 34.9 Å². The molecule has 2 heterocycles. The molecule has 1 aromatic heterocycles. The van der Waals surface area contributed by atoms with Crippen molar-refractivity contribution in [1.82, 2.24) is 4.98 Å². The molecule has 36 heavy (non-hydrogen) atoms. The first kappa shape index (κ1) is 22.3. The summed E-state index contributed by atoms with van der Waals surface area (Å²) in [6.07, 6.45) is 2.86.